The van der Waals surface area contributed by atoms with E-state index in [0.29, 0.717) is 25.2 Å². The van der Waals surface area contributed by atoms with E-state index in [1.807, 2.05) is 6.92 Å². The van der Waals surface area contributed by atoms with E-state index in [4.69, 9.17) is 9.47 Å². The van der Waals surface area contributed by atoms with Gasteiger partial charge < -0.3 is 14.8 Å². The molecule has 1 heterocycles. The molecule has 0 aromatic rings. The van der Waals surface area contributed by atoms with Crippen LogP contribution in [0.1, 0.15) is 20.3 Å². The van der Waals surface area contributed by atoms with Crippen molar-refractivity contribution in [3.8, 4) is 0 Å². The average molecular weight is 201 g/mol. The van der Waals surface area contributed by atoms with E-state index in [0.717, 1.165) is 19.6 Å². The van der Waals surface area contributed by atoms with Crippen LogP contribution in [0.4, 0.5) is 0 Å². The zero-order valence-electron chi connectivity index (χ0n) is 8.91. The second kappa shape index (κ2) is 5.98. The van der Waals surface area contributed by atoms with Crippen LogP contribution in [0.3, 0.4) is 0 Å². The van der Waals surface area contributed by atoms with Gasteiger partial charge in [0, 0.05) is 13.2 Å². The average Bonchev–Trinajstić information content (AvgIpc) is 2.52. The largest absolute Gasteiger partial charge is 0.465 e. The molecule has 1 aliphatic heterocycles. The summed E-state index contributed by atoms with van der Waals surface area (Å²) in [6.45, 7) is 6.31. The minimum absolute atomic E-state index is 0.181. The third-order valence-electron chi connectivity index (χ3n) is 2.51. The molecule has 1 saturated heterocycles. The van der Waals surface area contributed by atoms with Crippen LogP contribution in [0.15, 0.2) is 0 Å². The SMILES string of the molecule is CCOC(=O)CNCC1CCOC1C. The Labute approximate surface area is 85.0 Å². The van der Waals surface area contributed by atoms with Crippen LogP contribution < -0.4 is 5.32 Å². The van der Waals surface area contributed by atoms with Crippen molar-refractivity contribution in [2.75, 3.05) is 26.3 Å². The second-order valence-electron chi connectivity index (χ2n) is 3.56. The van der Waals surface area contributed by atoms with Gasteiger partial charge in [-0.2, -0.15) is 0 Å². The van der Waals surface area contributed by atoms with Crippen LogP contribution in [0.2, 0.25) is 0 Å². The molecule has 4 nitrogen and oxygen atoms in total. The molecule has 0 bridgehead atoms. The molecule has 0 aromatic heterocycles. The Balaban J connectivity index is 2.06. The summed E-state index contributed by atoms with van der Waals surface area (Å²) in [6, 6.07) is 0. The summed E-state index contributed by atoms with van der Waals surface area (Å²) < 4.78 is 10.2. The Bertz CT molecular complexity index is 184. The quantitative estimate of drug-likeness (QED) is 0.660. The minimum Gasteiger partial charge on any atom is -0.465 e. The van der Waals surface area contributed by atoms with Crippen LogP contribution in [-0.2, 0) is 14.3 Å². The first-order valence-electron chi connectivity index (χ1n) is 5.22. The molecule has 1 fully saturated rings. The van der Waals surface area contributed by atoms with E-state index >= 15 is 0 Å². The van der Waals surface area contributed by atoms with E-state index in [9.17, 15) is 4.79 Å². The molecule has 1 aliphatic rings. The lowest BCUT2D eigenvalue weighted by molar-refractivity contribution is -0.142. The van der Waals surface area contributed by atoms with Crippen LogP contribution in [0, 0.1) is 5.92 Å². The Kier molecular flexibility index (Phi) is 4.90. The third kappa shape index (κ3) is 3.64. The molecule has 14 heavy (non-hydrogen) atoms. The van der Waals surface area contributed by atoms with Crippen molar-refractivity contribution in [1.82, 2.24) is 5.32 Å². The van der Waals surface area contributed by atoms with Crippen molar-refractivity contribution >= 4 is 5.97 Å². The molecule has 1 rings (SSSR count). The summed E-state index contributed by atoms with van der Waals surface area (Å²) in [5.41, 5.74) is 0. The van der Waals surface area contributed by atoms with Crippen molar-refractivity contribution in [2.24, 2.45) is 5.92 Å². The molecule has 0 radical (unpaired) electrons. The van der Waals surface area contributed by atoms with Gasteiger partial charge in [-0.25, -0.2) is 0 Å². The molecular weight excluding hydrogens is 182 g/mol. The van der Waals surface area contributed by atoms with Gasteiger partial charge in [0.05, 0.1) is 19.3 Å². The number of carbonyl (C=O) groups excluding carboxylic acids is 1. The number of carbonyl (C=O) groups is 1. The van der Waals surface area contributed by atoms with Gasteiger partial charge in [0.25, 0.3) is 0 Å². The molecule has 1 N–H and O–H groups in total. The van der Waals surface area contributed by atoms with Crippen molar-refractivity contribution in [2.45, 2.75) is 26.4 Å². The molecule has 0 saturated carbocycles. The maximum absolute atomic E-state index is 11.0. The predicted octanol–water partition coefficient (Wildman–Crippen LogP) is 0.564. The van der Waals surface area contributed by atoms with Crippen LogP contribution >= 0.6 is 0 Å². The number of hydrogen-bond donors (Lipinski definition) is 1. The summed E-state index contributed by atoms with van der Waals surface area (Å²) in [7, 11) is 0. The van der Waals surface area contributed by atoms with Crippen LogP contribution in [0.25, 0.3) is 0 Å². The van der Waals surface area contributed by atoms with Gasteiger partial charge in [0.15, 0.2) is 0 Å². The van der Waals surface area contributed by atoms with Crippen molar-refractivity contribution in [3.63, 3.8) is 0 Å². The third-order valence-corrected chi connectivity index (χ3v) is 2.51. The molecule has 82 valence electrons. The summed E-state index contributed by atoms with van der Waals surface area (Å²) in [6.07, 6.45) is 1.39. The summed E-state index contributed by atoms with van der Waals surface area (Å²) in [5.74, 6) is 0.350. The van der Waals surface area contributed by atoms with Gasteiger partial charge in [0.1, 0.15) is 0 Å². The maximum Gasteiger partial charge on any atom is 0.319 e. The van der Waals surface area contributed by atoms with Gasteiger partial charge in [-0.1, -0.05) is 0 Å². The Hall–Kier alpha value is -0.610. The highest BCUT2D eigenvalue weighted by molar-refractivity contribution is 5.71. The highest BCUT2D eigenvalue weighted by Crippen LogP contribution is 2.18. The zero-order chi connectivity index (χ0) is 10.4. The normalized spacial score (nSPS) is 26.4. The lowest BCUT2D eigenvalue weighted by Gasteiger charge is -2.14. The van der Waals surface area contributed by atoms with E-state index in [-0.39, 0.29) is 5.97 Å². The van der Waals surface area contributed by atoms with Crippen LogP contribution in [0.5, 0.6) is 0 Å². The van der Waals surface area contributed by atoms with Crippen molar-refractivity contribution < 1.29 is 14.3 Å². The molecule has 2 unspecified atom stereocenters. The number of rotatable bonds is 5. The van der Waals surface area contributed by atoms with Crippen LogP contribution in [-0.4, -0.2) is 38.4 Å². The first-order valence-corrected chi connectivity index (χ1v) is 5.22. The smallest absolute Gasteiger partial charge is 0.319 e. The molecule has 2 atom stereocenters. The lowest BCUT2D eigenvalue weighted by Crippen LogP contribution is -2.31. The molecule has 0 amide bonds. The van der Waals surface area contributed by atoms with E-state index in [1.54, 1.807) is 0 Å². The maximum atomic E-state index is 11.0. The van der Waals surface area contributed by atoms with Crippen molar-refractivity contribution in [1.29, 1.82) is 0 Å². The standard InChI is InChI=1S/C10H19NO3/c1-3-13-10(12)7-11-6-9-4-5-14-8(9)2/h8-9,11H,3-7H2,1-2H3. The molecule has 0 spiro atoms. The first-order chi connectivity index (χ1) is 6.74. The number of ether oxygens (including phenoxy) is 2. The topological polar surface area (TPSA) is 47.6 Å². The fourth-order valence-corrected chi connectivity index (χ4v) is 1.62. The highest BCUT2D eigenvalue weighted by Gasteiger charge is 2.23. The summed E-state index contributed by atoms with van der Waals surface area (Å²) in [4.78, 5) is 11.0. The lowest BCUT2D eigenvalue weighted by atomic mass is 10.0. The van der Waals surface area contributed by atoms with Crippen molar-refractivity contribution in [3.05, 3.63) is 0 Å². The van der Waals surface area contributed by atoms with Gasteiger partial charge >= 0.3 is 5.97 Å². The highest BCUT2D eigenvalue weighted by atomic mass is 16.5. The second-order valence-corrected chi connectivity index (χ2v) is 3.56. The molecule has 0 aromatic carbocycles. The summed E-state index contributed by atoms with van der Waals surface area (Å²) in [5, 5.41) is 3.09. The Morgan fingerprint density at radius 2 is 2.43 bits per heavy atom. The Morgan fingerprint density at radius 3 is 3.00 bits per heavy atom. The molecule has 4 heteroatoms. The first kappa shape index (κ1) is 11.5. The van der Waals surface area contributed by atoms with Gasteiger partial charge in [-0.05, 0) is 26.2 Å². The number of esters is 1. The zero-order valence-corrected chi connectivity index (χ0v) is 8.91. The number of hydrogen-bond acceptors (Lipinski definition) is 4. The van der Waals surface area contributed by atoms with Gasteiger partial charge in [0.2, 0.25) is 0 Å². The minimum atomic E-state index is -0.181. The van der Waals surface area contributed by atoms with E-state index in [1.165, 1.54) is 0 Å². The van der Waals surface area contributed by atoms with Gasteiger partial charge in [-0.15, -0.1) is 0 Å². The number of nitrogens with one attached hydrogen (secondary N) is 1. The monoisotopic (exact) mass is 201 g/mol. The summed E-state index contributed by atoms with van der Waals surface area (Å²) >= 11 is 0. The Morgan fingerprint density at radius 1 is 1.64 bits per heavy atom. The molecule has 0 aliphatic carbocycles. The van der Waals surface area contributed by atoms with E-state index < -0.39 is 0 Å². The van der Waals surface area contributed by atoms with Gasteiger partial charge in [-0.3, -0.25) is 4.79 Å². The van der Waals surface area contributed by atoms with E-state index in [2.05, 4.69) is 12.2 Å². The fourth-order valence-electron chi connectivity index (χ4n) is 1.62. The fraction of sp³-hybridized carbons (Fsp3) is 0.900. The predicted molar refractivity (Wildman–Crippen MR) is 53.0 cm³/mol. The molecular formula is C10H19NO3.